The first kappa shape index (κ1) is 14.5. The summed E-state index contributed by atoms with van der Waals surface area (Å²) in [6.07, 6.45) is 1.80. The van der Waals surface area contributed by atoms with E-state index < -0.39 is 6.17 Å². The highest BCUT2D eigenvalue weighted by Crippen LogP contribution is 2.32. The Labute approximate surface area is 137 Å². The van der Waals surface area contributed by atoms with Crippen LogP contribution in [0.4, 0.5) is 10.1 Å². The molecule has 2 aromatic heterocycles. The van der Waals surface area contributed by atoms with Gasteiger partial charge in [-0.05, 0) is 30.2 Å². The number of para-hydroxylation sites is 1. The molecule has 23 heavy (non-hydrogen) atoms. The number of benzene rings is 1. The van der Waals surface area contributed by atoms with Gasteiger partial charge in [0.15, 0.2) is 0 Å². The van der Waals surface area contributed by atoms with Crippen molar-refractivity contribution in [1.82, 2.24) is 14.9 Å². The lowest BCUT2D eigenvalue weighted by Gasteiger charge is -2.13. The first-order chi connectivity index (χ1) is 11.2. The summed E-state index contributed by atoms with van der Waals surface area (Å²) in [5, 5.41) is 0.882. The lowest BCUT2D eigenvalue weighted by Crippen LogP contribution is -2.20. The summed E-state index contributed by atoms with van der Waals surface area (Å²) in [4.78, 5) is 12.2. The first-order valence-electron chi connectivity index (χ1n) is 7.66. The van der Waals surface area contributed by atoms with Crippen LogP contribution in [-0.2, 0) is 6.54 Å². The Hall–Kier alpha value is -2.05. The smallest absolute Gasteiger partial charge is 0.143 e. The van der Waals surface area contributed by atoms with E-state index in [4.69, 9.17) is 5.73 Å². The molecule has 4 nitrogen and oxygen atoms in total. The topological polar surface area (TPSA) is 55.0 Å². The molecular weight excluding hydrogens is 311 g/mol. The molecule has 0 saturated carbocycles. The molecule has 1 aromatic carbocycles. The fraction of sp³-hybridized carbons (Fsp3) is 0.294. The number of thiazole rings is 1. The molecule has 0 amide bonds. The monoisotopic (exact) mass is 328 g/mol. The molecule has 0 radical (unpaired) electrons. The van der Waals surface area contributed by atoms with E-state index in [1.807, 2.05) is 36.5 Å². The van der Waals surface area contributed by atoms with Crippen LogP contribution in [-0.4, -0.2) is 34.1 Å². The molecule has 4 rings (SSSR count). The van der Waals surface area contributed by atoms with E-state index in [9.17, 15) is 4.39 Å². The van der Waals surface area contributed by atoms with Crippen molar-refractivity contribution in [2.75, 3.05) is 18.8 Å². The lowest BCUT2D eigenvalue weighted by atomic mass is 10.2. The molecule has 1 unspecified atom stereocenters. The quantitative estimate of drug-likeness (QED) is 0.748. The molecule has 1 fully saturated rings. The van der Waals surface area contributed by atoms with Gasteiger partial charge >= 0.3 is 0 Å². The van der Waals surface area contributed by atoms with Crippen LogP contribution in [0.2, 0.25) is 0 Å². The highest BCUT2D eigenvalue weighted by atomic mass is 32.1. The summed E-state index contributed by atoms with van der Waals surface area (Å²) < 4.78 is 13.3. The number of aromatic nitrogens is 2. The number of hydrogen-bond donors (Lipinski definition) is 1. The Kier molecular flexibility index (Phi) is 3.71. The van der Waals surface area contributed by atoms with E-state index in [1.165, 1.54) is 0 Å². The number of nitrogen functional groups attached to an aromatic ring is 1. The summed E-state index contributed by atoms with van der Waals surface area (Å²) >= 11 is 1.54. The van der Waals surface area contributed by atoms with Gasteiger partial charge < -0.3 is 5.73 Å². The van der Waals surface area contributed by atoms with Gasteiger partial charge in [0.2, 0.25) is 0 Å². The highest BCUT2D eigenvalue weighted by Gasteiger charge is 2.21. The maximum absolute atomic E-state index is 13.3. The standard InChI is InChI=1S/C17H17FN4S/c18-12-5-6-22(10-12)9-11-7-15-17(20-8-11)23-16(21-15)13-3-1-2-4-14(13)19/h1-4,7-8,12H,5-6,9-10,19H2. The SMILES string of the molecule is Nc1ccccc1-c1nc2cc(CN3CCC(F)C3)cnc2s1. The van der Waals surface area contributed by atoms with Crippen molar-refractivity contribution >= 4 is 27.4 Å². The van der Waals surface area contributed by atoms with E-state index in [2.05, 4.69) is 14.9 Å². The van der Waals surface area contributed by atoms with Gasteiger partial charge in [-0.3, -0.25) is 4.90 Å². The zero-order valence-corrected chi connectivity index (χ0v) is 13.4. The minimum atomic E-state index is -0.696. The van der Waals surface area contributed by atoms with Crippen LogP contribution in [0.5, 0.6) is 0 Å². The van der Waals surface area contributed by atoms with Crippen molar-refractivity contribution < 1.29 is 4.39 Å². The summed E-state index contributed by atoms with van der Waals surface area (Å²) in [6.45, 7) is 2.05. The minimum Gasteiger partial charge on any atom is -0.398 e. The summed E-state index contributed by atoms with van der Waals surface area (Å²) in [7, 11) is 0. The Bertz CT molecular complexity index is 847. The summed E-state index contributed by atoms with van der Waals surface area (Å²) in [5.41, 5.74) is 9.64. The number of hydrogen-bond acceptors (Lipinski definition) is 5. The zero-order chi connectivity index (χ0) is 15.8. The molecule has 2 N–H and O–H groups in total. The van der Waals surface area contributed by atoms with Crippen molar-refractivity contribution in [3.8, 4) is 10.6 Å². The largest absolute Gasteiger partial charge is 0.398 e. The molecule has 0 bridgehead atoms. The molecular formula is C17H17FN4S. The number of rotatable bonds is 3. The van der Waals surface area contributed by atoms with Crippen molar-refractivity contribution in [3.05, 3.63) is 42.1 Å². The Balaban J connectivity index is 1.63. The van der Waals surface area contributed by atoms with Gasteiger partial charge in [0.1, 0.15) is 21.5 Å². The predicted octanol–water partition coefficient (Wildman–Crippen LogP) is 3.48. The maximum Gasteiger partial charge on any atom is 0.143 e. The number of nitrogens with two attached hydrogens (primary N) is 1. The molecule has 118 valence electrons. The van der Waals surface area contributed by atoms with Crippen LogP contribution in [0.3, 0.4) is 0 Å². The Morgan fingerprint density at radius 3 is 3.00 bits per heavy atom. The molecule has 6 heteroatoms. The van der Waals surface area contributed by atoms with Crippen LogP contribution < -0.4 is 5.73 Å². The molecule has 0 aliphatic carbocycles. The van der Waals surface area contributed by atoms with Crippen molar-refractivity contribution in [2.24, 2.45) is 0 Å². The third-order valence-electron chi connectivity index (χ3n) is 4.12. The van der Waals surface area contributed by atoms with E-state index in [-0.39, 0.29) is 0 Å². The molecule has 1 aliphatic rings. The van der Waals surface area contributed by atoms with Crippen LogP contribution in [0.15, 0.2) is 36.5 Å². The average Bonchev–Trinajstić information content (AvgIpc) is 3.13. The normalized spacial score (nSPS) is 18.7. The maximum atomic E-state index is 13.3. The first-order valence-corrected chi connectivity index (χ1v) is 8.47. The number of alkyl halides is 1. The summed E-state index contributed by atoms with van der Waals surface area (Å²) in [5.74, 6) is 0. The number of fused-ring (bicyclic) bond motifs is 1. The van der Waals surface area contributed by atoms with Gasteiger partial charge in [0, 0.05) is 37.1 Å². The molecule has 1 aliphatic heterocycles. The van der Waals surface area contributed by atoms with Crippen LogP contribution in [0.25, 0.3) is 20.9 Å². The number of pyridine rings is 1. The third-order valence-corrected chi connectivity index (χ3v) is 5.13. The van der Waals surface area contributed by atoms with E-state index >= 15 is 0 Å². The van der Waals surface area contributed by atoms with E-state index in [1.54, 1.807) is 11.3 Å². The van der Waals surface area contributed by atoms with Crippen molar-refractivity contribution in [3.63, 3.8) is 0 Å². The van der Waals surface area contributed by atoms with Gasteiger partial charge in [-0.25, -0.2) is 14.4 Å². The van der Waals surface area contributed by atoms with Gasteiger partial charge in [0.05, 0.1) is 0 Å². The second-order valence-corrected chi connectivity index (χ2v) is 6.87. The van der Waals surface area contributed by atoms with Gasteiger partial charge in [-0.2, -0.15) is 0 Å². The van der Waals surface area contributed by atoms with Crippen molar-refractivity contribution in [2.45, 2.75) is 19.1 Å². The van der Waals surface area contributed by atoms with Gasteiger partial charge in [-0.15, -0.1) is 0 Å². The van der Waals surface area contributed by atoms with E-state index in [0.29, 0.717) is 13.0 Å². The molecule has 3 aromatic rings. The second kappa shape index (κ2) is 5.86. The number of halogens is 1. The number of likely N-dealkylation sites (tertiary alicyclic amines) is 1. The van der Waals surface area contributed by atoms with Crippen LogP contribution in [0.1, 0.15) is 12.0 Å². The van der Waals surface area contributed by atoms with Gasteiger partial charge in [-0.1, -0.05) is 23.5 Å². The Morgan fingerprint density at radius 2 is 2.22 bits per heavy atom. The zero-order valence-electron chi connectivity index (χ0n) is 12.6. The molecule has 1 saturated heterocycles. The second-order valence-electron chi connectivity index (χ2n) is 5.90. The fourth-order valence-electron chi connectivity index (χ4n) is 2.95. The predicted molar refractivity (Wildman–Crippen MR) is 92.1 cm³/mol. The minimum absolute atomic E-state index is 0.515. The third kappa shape index (κ3) is 2.92. The number of anilines is 1. The highest BCUT2D eigenvalue weighted by molar-refractivity contribution is 7.21. The Morgan fingerprint density at radius 1 is 1.35 bits per heavy atom. The molecule has 1 atom stereocenters. The van der Waals surface area contributed by atoms with Crippen LogP contribution in [0, 0.1) is 0 Å². The lowest BCUT2D eigenvalue weighted by molar-refractivity contribution is 0.282. The van der Waals surface area contributed by atoms with Crippen molar-refractivity contribution in [1.29, 1.82) is 0 Å². The summed E-state index contributed by atoms with van der Waals surface area (Å²) in [6, 6.07) is 9.77. The number of nitrogens with zero attached hydrogens (tertiary/aromatic N) is 3. The van der Waals surface area contributed by atoms with Crippen LogP contribution >= 0.6 is 11.3 Å². The van der Waals surface area contributed by atoms with E-state index in [0.717, 1.165) is 45.3 Å². The molecule has 0 spiro atoms. The average molecular weight is 328 g/mol. The molecule has 3 heterocycles. The van der Waals surface area contributed by atoms with Gasteiger partial charge in [0.25, 0.3) is 0 Å². The fourth-order valence-corrected chi connectivity index (χ4v) is 3.88.